The van der Waals surface area contributed by atoms with Gasteiger partial charge in [-0.05, 0) is 25.8 Å². The van der Waals surface area contributed by atoms with E-state index in [1.165, 1.54) is 32.2 Å². The Morgan fingerprint density at radius 2 is 1.67 bits per heavy atom. The lowest BCUT2D eigenvalue weighted by atomic mass is 9.72. The van der Waals surface area contributed by atoms with Crippen LogP contribution in [0.4, 0.5) is 13.2 Å². The Bertz CT molecular complexity index is 1910. The van der Waals surface area contributed by atoms with Crippen molar-refractivity contribution in [2.45, 2.75) is 101 Å². The molecule has 55 heavy (non-hydrogen) atoms. The molecule has 1 saturated heterocycles. The molecule has 1 fully saturated rings. The average molecular weight is 782 g/mol. The van der Waals surface area contributed by atoms with Crippen LogP contribution in [0.3, 0.4) is 0 Å². The van der Waals surface area contributed by atoms with Crippen molar-refractivity contribution in [1.82, 2.24) is 5.32 Å². The molecule has 1 aliphatic heterocycles. The van der Waals surface area contributed by atoms with Gasteiger partial charge in [0.25, 0.3) is 0 Å². The number of carboxylic acids is 1. The van der Waals surface area contributed by atoms with Crippen molar-refractivity contribution in [1.29, 1.82) is 0 Å². The first-order chi connectivity index (χ1) is 25.8. The number of amides is 1. The number of carbonyl (C=O) groups is 6. The number of benzene rings is 2. The number of alkyl halides is 3. The van der Waals surface area contributed by atoms with Crippen molar-refractivity contribution >= 4 is 35.2 Å². The van der Waals surface area contributed by atoms with E-state index in [0.717, 1.165) is 0 Å². The van der Waals surface area contributed by atoms with E-state index in [0.29, 0.717) is 12.8 Å². The summed E-state index contributed by atoms with van der Waals surface area (Å²) >= 11 is 0. The van der Waals surface area contributed by atoms with Gasteiger partial charge in [-0.1, -0.05) is 18.6 Å². The van der Waals surface area contributed by atoms with Gasteiger partial charge in [0, 0.05) is 48.8 Å². The maximum atomic E-state index is 13.9. The maximum Gasteiger partial charge on any atom is 0.471 e. The molecule has 5 rings (SSSR count). The number of aliphatic hydroxyl groups excluding tert-OH is 1. The van der Waals surface area contributed by atoms with Crippen LogP contribution >= 0.6 is 0 Å². The van der Waals surface area contributed by atoms with Crippen molar-refractivity contribution in [2.24, 2.45) is 0 Å². The number of aromatic hydroxyl groups is 2. The van der Waals surface area contributed by atoms with E-state index >= 15 is 0 Å². The predicted molar refractivity (Wildman–Crippen MR) is 176 cm³/mol. The number of ether oxygens (including phenoxy) is 4. The van der Waals surface area contributed by atoms with Gasteiger partial charge in [0.15, 0.2) is 18.7 Å². The van der Waals surface area contributed by atoms with Crippen LogP contribution < -0.4 is 10.1 Å². The number of ketones is 3. The highest BCUT2D eigenvalue weighted by atomic mass is 19.4. The minimum absolute atomic E-state index is 0.0317. The maximum absolute atomic E-state index is 13.9. The quantitative estimate of drug-likeness (QED) is 0.0827. The zero-order valence-corrected chi connectivity index (χ0v) is 29.4. The molecule has 0 spiro atoms. The molecule has 16 nitrogen and oxygen atoms in total. The molecule has 0 aromatic heterocycles. The van der Waals surface area contributed by atoms with Crippen LogP contribution in [0.15, 0.2) is 18.2 Å². The fourth-order valence-electron chi connectivity index (χ4n) is 7.04. The molecule has 3 aliphatic rings. The van der Waals surface area contributed by atoms with Gasteiger partial charge in [0.05, 0.1) is 42.0 Å². The highest BCUT2D eigenvalue weighted by molar-refractivity contribution is 6.31. The second-order valence-corrected chi connectivity index (χ2v) is 13.5. The van der Waals surface area contributed by atoms with E-state index in [1.54, 1.807) is 5.32 Å². The Kier molecular flexibility index (Phi) is 11.9. The number of phenolic OH excluding ortho intramolecular Hbond substituents is 2. The number of carbonyl (C=O) groups excluding carboxylic acids is 5. The van der Waals surface area contributed by atoms with Crippen LogP contribution in [0.1, 0.15) is 101 Å². The molecule has 1 amide bonds. The summed E-state index contributed by atoms with van der Waals surface area (Å²) < 4.78 is 61.3. The molecule has 6 N–H and O–H groups in total. The second kappa shape index (κ2) is 15.9. The van der Waals surface area contributed by atoms with Gasteiger partial charge >= 0.3 is 24.0 Å². The van der Waals surface area contributed by atoms with E-state index < -0.39 is 132 Å². The molecule has 19 heteroatoms. The number of aliphatic hydroxyl groups is 2. The molecule has 0 saturated carbocycles. The van der Waals surface area contributed by atoms with Crippen molar-refractivity contribution in [3.8, 4) is 17.2 Å². The summed E-state index contributed by atoms with van der Waals surface area (Å²) in [5.74, 6) is -9.03. The third kappa shape index (κ3) is 8.29. The van der Waals surface area contributed by atoms with Gasteiger partial charge in [-0.15, -0.1) is 0 Å². The fourth-order valence-corrected chi connectivity index (χ4v) is 7.04. The zero-order chi connectivity index (χ0) is 40.6. The Labute approximate surface area is 310 Å². The van der Waals surface area contributed by atoms with Gasteiger partial charge < -0.3 is 49.8 Å². The van der Waals surface area contributed by atoms with Crippen LogP contribution in [-0.4, -0.2) is 111 Å². The fraction of sp³-hybridized carbons (Fsp3) is 0.500. The first-order valence-electron chi connectivity index (χ1n) is 17.2. The number of rotatable bonds is 13. The molecule has 0 radical (unpaired) electrons. The van der Waals surface area contributed by atoms with Crippen LogP contribution in [0, 0.1) is 0 Å². The van der Waals surface area contributed by atoms with Gasteiger partial charge in [-0.25, -0.2) is 0 Å². The number of Topliss-reactive ketones (excluding diaryl/α,β-unsaturated/α-hetero) is 1. The first-order valence-corrected chi connectivity index (χ1v) is 17.2. The molecule has 0 bridgehead atoms. The largest absolute Gasteiger partial charge is 0.507 e. The number of halogens is 3. The van der Waals surface area contributed by atoms with Gasteiger partial charge in [-0.2, -0.15) is 13.2 Å². The van der Waals surface area contributed by atoms with Crippen LogP contribution in [0.2, 0.25) is 0 Å². The number of carboxylic acid groups (broad SMARTS) is 1. The Balaban J connectivity index is 1.50. The third-order valence-corrected chi connectivity index (χ3v) is 9.83. The highest BCUT2D eigenvalue weighted by Crippen LogP contribution is 2.52. The molecular weight excluding hydrogens is 743 g/mol. The monoisotopic (exact) mass is 781 g/mol. The smallest absolute Gasteiger partial charge is 0.471 e. The summed E-state index contributed by atoms with van der Waals surface area (Å²) in [6.07, 6.45) is -13.2. The first kappa shape index (κ1) is 41.1. The van der Waals surface area contributed by atoms with E-state index in [4.69, 9.17) is 24.1 Å². The SMILES string of the molecule is COc1cccc2c1C(=O)c1c(O)c3c(c(O)c1C2=O)C[C@@](O)(C(=O)COC(=O)CCCCCC(=O)O)C[C@@H]3OC1CC(NC(=O)C(F)(F)F)C(O)C(C)O1. The predicted octanol–water partition coefficient (Wildman–Crippen LogP) is 2.31. The van der Waals surface area contributed by atoms with Gasteiger partial charge in [0.2, 0.25) is 11.6 Å². The molecule has 298 valence electrons. The number of phenols is 2. The number of hydrogen-bond donors (Lipinski definition) is 6. The number of methoxy groups -OCH3 is 1. The van der Waals surface area contributed by atoms with Gasteiger partial charge in [0.1, 0.15) is 29.0 Å². The Hall–Kier alpha value is -5.11. The minimum Gasteiger partial charge on any atom is -0.507 e. The van der Waals surface area contributed by atoms with E-state index in [2.05, 4.69) is 0 Å². The lowest BCUT2D eigenvalue weighted by molar-refractivity contribution is -0.250. The molecule has 4 unspecified atom stereocenters. The Morgan fingerprint density at radius 1 is 1.00 bits per heavy atom. The standard InChI is InChI=1S/C36H38F3NO15/c1-15-29(45)18(40-34(50)36(37,38)39)11-24(54-15)55-20-13-35(51,21(41)14-53-23(44)10-5-3-4-9-22(42)43)12-17-26(20)33(49)28-27(31(17)47)30(46)16-7-6-8-19(52-2)25(16)32(28)48/h6-8,15,18,20,24,29,45,47,49,51H,3-5,9-14H2,1-2H3,(H,40,50)(H,42,43)/t15?,18?,20-,24?,29?,35-/m0/s1. The zero-order valence-electron chi connectivity index (χ0n) is 29.4. The third-order valence-electron chi connectivity index (χ3n) is 9.83. The molecule has 2 aliphatic carbocycles. The number of unbranched alkanes of at least 4 members (excludes halogenated alkanes) is 2. The lowest BCUT2D eigenvalue weighted by Gasteiger charge is -2.43. The average Bonchev–Trinajstić information content (AvgIpc) is 3.11. The Morgan fingerprint density at radius 3 is 2.33 bits per heavy atom. The summed E-state index contributed by atoms with van der Waals surface area (Å²) in [6.45, 7) is 0.264. The summed E-state index contributed by atoms with van der Waals surface area (Å²) in [5.41, 5.74) is -5.12. The van der Waals surface area contributed by atoms with E-state index in [-0.39, 0.29) is 41.7 Å². The van der Waals surface area contributed by atoms with Crippen LogP contribution in [-0.2, 0) is 39.8 Å². The summed E-state index contributed by atoms with van der Waals surface area (Å²) in [6, 6.07) is 2.49. The number of nitrogens with one attached hydrogen (secondary N) is 1. The van der Waals surface area contributed by atoms with E-state index in [1.807, 2.05) is 0 Å². The topological polar surface area (TPSA) is 253 Å². The molecule has 6 atom stereocenters. The number of fused-ring (bicyclic) bond motifs is 3. The minimum atomic E-state index is -5.31. The summed E-state index contributed by atoms with van der Waals surface area (Å²) in [5, 5.41) is 56.1. The lowest BCUT2D eigenvalue weighted by Crippen LogP contribution is -2.57. The second-order valence-electron chi connectivity index (χ2n) is 13.5. The molecule has 1 heterocycles. The van der Waals surface area contributed by atoms with Crippen molar-refractivity contribution in [3.63, 3.8) is 0 Å². The number of esters is 1. The number of hydrogen-bond acceptors (Lipinski definition) is 14. The highest BCUT2D eigenvalue weighted by Gasteiger charge is 2.51. The van der Waals surface area contributed by atoms with Crippen molar-refractivity contribution in [2.75, 3.05) is 13.7 Å². The van der Waals surface area contributed by atoms with Crippen LogP contribution in [0.25, 0.3) is 0 Å². The van der Waals surface area contributed by atoms with Crippen molar-refractivity contribution in [3.05, 3.63) is 51.6 Å². The van der Waals surface area contributed by atoms with Crippen molar-refractivity contribution < 1.29 is 86.4 Å². The number of aliphatic carboxylic acids is 1. The molecule has 2 aromatic rings. The molecule has 2 aromatic carbocycles. The van der Waals surface area contributed by atoms with Crippen LogP contribution in [0.5, 0.6) is 17.2 Å². The van der Waals surface area contributed by atoms with Gasteiger partial charge in [-0.3, -0.25) is 28.8 Å². The summed E-state index contributed by atoms with van der Waals surface area (Å²) in [4.78, 5) is 76.1. The molecular formula is C36H38F3NO15. The normalized spacial score (nSPS) is 24.6. The summed E-state index contributed by atoms with van der Waals surface area (Å²) in [7, 11) is 1.24. The van der Waals surface area contributed by atoms with E-state index in [9.17, 15) is 62.4 Å².